The van der Waals surface area contributed by atoms with Crippen LogP contribution in [-0.4, -0.2) is 45.5 Å². The number of benzene rings is 2. The van der Waals surface area contributed by atoms with Gasteiger partial charge in [0.25, 0.3) is 15.9 Å². The lowest BCUT2D eigenvalue weighted by molar-refractivity contribution is 0.0303. The van der Waals surface area contributed by atoms with E-state index in [1.165, 1.54) is 24.3 Å². The van der Waals surface area contributed by atoms with Gasteiger partial charge in [0.2, 0.25) is 0 Å². The molecule has 0 aliphatic carbocycles. The fourth-order valence-electron chi connectivity index (χ4n) is 2.49. The molecule has 0 atom stereocenters. The zero-order valence-electron chi connectivity index (χ0n) is 13.6. The molecule has 0 unspecified atom stereocenters. The standard InChI is InChI=1S/C17H16F2N2O4S/c18-15-6-5-14(11-16(15)19)26(23,24)20-13-3-1-12(2-4-13)17(22)21-7-9-25-10-8-21/h1-6,11,20H,7-10H2. The zero-order chi connectivity index (χ0) is 18.7. The van der Waals surface area contributed by atoms with Crippen LogP contribution < -0.4 is 4.72 Å². The molecule has 1 aliphatic heterocycles. The molecule has 1 saturated heterocycles. The van der Waals surface area contributed by atoms with E-state index in [4.69, 9.17) is 4.74 Å². The maximum atomic E-state index is 13.2. The second-order valence-electron chi connectivity index (χ2n) is 5.66. The Morgan fingerprint density at radius 1 is 1.00 bits per heavy atom. The second-order valence-corrected chi connectivity index (χ2v) is 7.35. The van der Waals surface area contributed by atoms with Crippen LogP contribution in [-0.2, 0) is 14.8 Å². The number of hydrogen-bond donors (Lipinski definition) is 1. The highest BCUT2D eigenvalue weighted by Crippen LogP contribution is 2.19. The van der Waals surface area contributed by atoms with Crippen LogP contribution in [0.1, 0.15) is 10.4 Å². The molecule has 2 aromatic carbocycles. The number of hydrogen-bond acceptors (Lipinski definition) is 4. The van der Waals surface area contributed by atoms with Gasteiger partial charge in [0.05, 0.1) is 18.1 Å². The minimum atomic E-state index is -4.07. The van der Waals surface area contributed by atoms with Crippen molar-refractivity contribution in [2.45, 2.75) is 4.90 Å². The highest BCUT2D eigenvalue weighted by molar-refractivity contribution is 7.92. The molecule has 2 aromatic rings. The summed E-state index contributed by atoms with van der Waals surface area (Å²) in [4.78, 5) is 13.6. The van der Waals surface area contributed by atoms with Crippen molar-refractivity contribution >= 4 is 21.6 Å². The first-order valence-corrected chi connectivity index (χ1v) is 9.30. The Labute approximate surface area is 149 Å². The summed E-state index contributed by atoms with van der Waals surface area (Å²) in [6, 6.07) is 8.19. The van der Waals surface area contributed by atoms with Crippen molar-refractivity contribution in [1.29, 1.82) is 0 Å². The van der Waals surface area contributed by atoms with E-state index >= 15 is 0 Å². The van der Waals surface area contributed by atoms with Gasteiger partial charge in [0, 0.05) is 24.3 Å². The van der Waals surface area contributed by atoms with Gasteiger partial charge < -0.3 is 9.64 Å². The number of morpholine rings is 1. The molecule has 0 aromatic heterocycles. The average molecular weight is 382 g/mol. The lowest BCUT2D eigenvalue weighted by Gasteiger charge is -2.26. The largest absolute Gasteiger partial charge is 0.378 e. The number of halogens is 2. The minimum Gasteiger partial charge on any atom is -0.378 e. The zero-order valence-corrected chi connectivity index (χ0v) is 14.4. The monoisotopic (exact) mass is 382 g/mol. The lowest BCUT2D eigenvalue weighted by atomic mass is 10.2. The Hall–Kier alpha value is -2.52. The molecule has 138 valence electrons. The summed E-state index contributed by atoms with van der Waals surface area (Å²) in [5.41, 5.74) is 0.621. The summed E-state index contributed by atoms with van der Waals surface area (Å²) in [6.45, 7) is 1.97. The van der Waals surface area contributed by atoms with Crippen LogP contribution >= 0.6 is 0 Å². The maximum Gasteiger partial charge on any atom is 0.261 e. The highest BCUT2D eigenvalue weighted by atomic mass is 32.2. The summed E-state index contributed by atoms with van der Waals surface area (Å²) in [7, 11) is -4.07. The van der Waals surface area contributed by atoms with E-state index in [0.717, 1.165) is 12.1 Å². The third-order valence-corrected chi connectivity index (χ3v) is 5.26. The molecule has 26 heavy (non-hydrogen) atoms. The second kappa shape index (κ2) is 7.38. The number of nitrogens with one attached hydrogen (secondary N) is 1. The molecule has 0 saturated carbocycles. The van der Waals surface area contributed by atoms with Crippen molar-refractivity contribution in [3.8, 4) is 0 Å². The molecular weight excluding hydrogens is 366 g/mol. The van der Waals surface area contributed by atoms with E-state index in [0.29, 0.717) is 37.9 Å². The SMILES string of the molecule is O=C(c1ccc(NS(=O)(=O)c2ccc(F)c(F)c2)cc1)N1CCOCC1. The smallest absolute Gasteiger partial charge is 0.261 e. The van der Waals surface area contributed by atoms with Gasteiger partial charge in [-0.2, -0.15) is 0 Å². The predicted octanol–water partition coefficient (Wildman–Crippen LogP) is 2.24. The van der Waals surface area contributed by atoms with Crippen LogP contribution in [0.5, 0.6) is 0 Å². The van der Waals surface area contributed by atoms with Gasteiger partial charge in [-0.3, -0.25) is 9.52 Å². The van der Waals surface area contributed by atoms with E-state index in [1.807, 2.05) is 0 Å². The molecule has 0 radical (unpaired) electrons. The number of carbonyl (C=O) groups excluding carboxylic acids is 1. The van der Waals surface area contributed by atoms with Crippen molar-refractivity contribution in [1.82, 2.24) is 4.90 Å². The quantitative estimate of drug-likeness (QED) is 0.880. The van der Waals surface area contributed by atoms with E-state index in [1.54, 1.807) is 4.90 Å². The van der Waals surface area contributed by atoms with Crippen molar-refractivity contribution < 1.29 is 26.7 Å². The van der Waals surface area contributed by atoms with Gasteiger partial charge >= 0.3 is 0 Å². The van der Waals surface area contributed by atoms with Crippen molar-refractivity contribution in [2.24, 2.45) is 0 Å². The lowest BCUT2D eigenvalue weighted by Crippen LogP contribution is -2.40. The van der Waals surface area contributed by atoms with Crippen molar-refractivity contribution in [3.63, 3.8) is 0 Å². The fourth-order valence-corrected chi connectivity index (χ4v) is 3.56. The molecule has 6 nitrogen and oxygen atoms in total. The average Bonchev–Trinajstić information content (AvgIpc) is 2.64. The molecule has 1 N–H and O–H groups in total. The Morgan fingerprint density at radius 3 is 2.27 bits per heavy atom. The topological polar surface area (TPSA) is 75.7 Å². The highest BCUT2D eigenvalue weighted by Gasteiger charge is 2.20. The summed E-state index contributed by atoms with van der Waals surface area (Å²) in [5.74, 6) is -2.54. The van der Waals surface area contributed by atoms with Crippen molar-refractivity contribution in [3.05, 3.63) is 59.7 Å². The van der Waals surface area contributed by atoms with E-state index in [-0.39, 0.29) is 11.6 Å². The number of amides is 1. The third kappa shape index (κ3) is 4.00. The Morgan fingerprint density at radius 2 is 1.65 bits per heavy atom. The maximum absolute atomic E-state index is 13.2. The molecule has 1 heterocycles. The molecular formula is C17H16F2N2O4S. The first-order chi connectivity index (χ1) is 12.4. The fraction of sp³-hybridized carbons (Fsp3) is 0.235. The van der Waals surface area contributed by atoms with E-state index in [9.17, 15) is 22.0 Å². The van der Waals surface area contributed by atoms with Gasteiger partial charge in [-0.05, 0) is 42.5 Å². The van der Waals surface area contributed by atoms with E-state index in [2.05, 4.69) is 4.72 Å². The molecule has 1 fully saturated rings. The predicted molar refractivity (Wildman–Crippen MR) is 90.3 cm³/mol. The van der Waals surface area contributed by atoms with Gasteiger partial charge in [-0.25, -0.2) is 17.2 Å². The summed E-state index contributed by atoms with van der Waals surface area (Å²) >= 11 is 0. The van der Waals surface area contributed by atoms with Crippen molar-refractivity contribution in [2.75, 3.05) is 31.0 Å². The number of carbonyl (C=O) groups is 1. The van der Waals surface area contributed by atoms with Crippen LogP contribution in [0.4, 0.5) is 14.5 Å². The number of nitrogens with zero attached hydrogens (tertiary/aromatic N) is 1. The van der Waals surface area contributed by atoms with Crippen LogP contribution in [0.15, 0.2) is 47.4 Å². The van der Waals surface area contributed by atoms with Crippen LogP contribution in [0.25, 0.3) is 0 Å². The first kappa shape index (κ1) is 18.3. The first-order valence-electron chi connectivity index (χ1n) is 7.82. The summed E-state index contributed by atoms with van der Waals surface area (Å²) < 4.78 is 58.1. The normalized spacial score (nSPS) is 14.9. The Balaban J connectivity index is 1.74. The summed E-state index contributed by atoms with van der Waals surface area (Å²) in [6.07, 6.45) is 0. The molecule has 1 aliphatic rings. The van der Waals surface area contributed by atoms with Gasteiger partial charge in [-0.15, -0.1) is 0 Å². The number of rotatable bonds is 4. The van der Waals surface area contributed by atoms with Gasteiger partial charge in [0.15, 0.2) is 11.6 Å². The number of sulfonamides is 1. The molecule has 9 heteroatoms. The molecule has 0 bridgehead atoms. The van der Waals surface area contributed by atoms with Crippen LogP contribution in [0.2, 0.25) is 0 Å². The number of ether oxygens (including phenoxy) is 1. The molecule has 0 spiro atoms. The molecule has 1 amide bonds. The van der Waals surface area contributed by atoms with Crippen LogP contribution in [0.3, 0.4) is 0 Å². The summed E-state index contributed by atoms with van der Waals surface area (Å²) in [5, 5.41) is 0. The Bertz CT molecular complexity index is 911. The van der Waals surface area contributed by atoms with Gasteiger partial charge in [-0.1, -0.05) is 0 Å². The molecule has 3 rings (SSSR count). The van der Waals surface area contributed by atoms with Gasteiger partial charge in [0.1, 0.15) is 0 Å². The Kier molecular flexibility index (Phi) is 5.19. The van der Waals surface area contributed by atoms with E-state index < -0.39 is 26.6 Å². The van der Waals surface area contributed by atoms with Crippen LogP contribution in [0, 0.1) is 11.6 Å². The third-order valence-electron chi connectivity index (χ3n) is 3.88. The minimum absolute atomic E-state index is 0.164. The number of anilines is 1.